The minimum Gasteiger partial charge on any atom is -0.502 e. The van der Waals surface area contributed by atoms with Gasteiger partial charge in [-0.05, 0) is 30.3 Å². The first-order valence-corrected chi connectivity index (χ1v) is 7.11. The van der Waals surface area contributed by atoms with Crippen molar-refractivity contribution in [1.82, 2.24) is 0 Å². The third-order valence-electron chi connectivity index (χ3n) is 3.11. The van der Waals surface area contributed by atoms with Crippen LogP contribution >= 0.6 is 11.6 Å². The van der Waals surface area contributed by atoms with Gasteiger partial charge < -0.3 is 19.7 Å². The van der Waals surface area contributed by atoms with Crippen molar-refractivity contribution in [2.24, 2.45) is 5.10 Å². The van der Waals surface area contributed by atoms with E-state index >= 15 is 0 Å². The summed E-state index contributed by atoms with van der Waals surface area (Å²) < 4.78 is 10.1. The second-order valence-electron chi connectivity index (χ2n) is 4.64. The molecule has 0 saturated carbocycles. The number of halogens is 1. The highest BCUT2D eigenvalue weighted by atomic mass is 35.5. The minimum atomic E-state index is -1.06. The largest absolute Gasteiger partial charge is 0.502 e. The second kappa shape index (κ2) is 7.56. The number of aromatic hydroxyl groups is 1. The van der Waals surface area contributed by atoms with Gasteiger partial charge in [0.2, 0.25) is 5.75 Å². The van der Waals surface area contributed by atoms with Gasteiger partial charge in [0.1, 0.15) is 0 Å². The van der Waals surface area contributed by atoms with Crippen molar-refractivity contribution >= 4 is 29.5 Å². The van der Waals surface area contributed by atoms with E-state index in [2.05, 4.69) is 10.5 Å². The fourth-order valence-corrected chi connectivity index (χ4v) is 2.07. The van der Waals surface area contributed by atoms with Crippen LogP contribution in [0.2, 0.25) is 5.02 Å². The molecule has 0 unspecified atom stereocenters. The fourth-order valence-electron chi connectivity index (χ4n) is 1.91. The van der Waals surface area contributed by atoms with Crippen LogP contribution in [-0.4, -0.2) is 36.6 Å². The lowest BCUT2D eigenvalue weighted by Gasteiger charge is -2.09. The molecule has 0 aliphatic rings. The van der Waals surface area contributed by atoms with Crippen molar-refractivity contribution < 1.29 is 24.5 Å². The summed E-state index contributed by atoms with van der Waals surface area (Å²) in [4.78, 5) is 11.0. The van der Waals surface area contributed by atoms with Gasteiger partial charge in [-0.25, -0.2) is 4.79 Å². The molecule has 0 bridgehead atoms. The van der Waals surface area contributed by atoms with Crippen LogP contribution in [0.5, 0.6) is 17.2 Å². The SMILES string of the molecule is COc1cc(/C=N/Nc2cc(C(=O)O)ccc2Cl)cc(OC)c1O. The maximum Gasteiger partial charge on any atom is 0.335 e. The molecule has 2 aromatic carbocycles. The van der Waals surface area contributed by atoms with Crippen molar-refractivity contribution in [1.29, 1.82) is 0 Å². The van der Waals surface area contributed by atoms with E-state index in [0.717, 1.165) is 0 Å². The predicted molar refractivity (Wildman–Crippen MR) is 90.8 cm³/mol. The number of hydrazone groups is 1. The second-order valence-corrected chi connectivity index (χ2v) is 5.05. The van der Waals surface area contributed by atoms with E-state index in [1.165, 1.54) is 38.6 Å². The number of phenols is 1. The van der Waals surface area contributed by atoms with Gasteiger partial charge in [-0.2, -0.15) is 5.10 Å². The molecule has 2 aromatic rings. The number of benzene rings is 2. The zero-order valence-corrected chi connectivity index (χ0v) is 13.7. The number of carbonyl (C=O) groups is 1. The summed E-state index contributed by atoms with van der Waals surface area (Å²) in [6.07, 6.45) is 1.45. The van der Waals surface area contributed by atoms with E-state index in [-0.39, 0.29) is 22.8 Å². The van der Waals surface area contributed by atoms with E-state index in [0.29, 0.717) is 16.3 Å². The fraction of sp³-hybridized carbons (Fsp3) is 0.125. The number of hydrogen-bond acceptors (Lipinski definition) is 6. The number of anilines is 1. The molecule has 0 radical (unpaired) electrons. The Balaban J connectivity index is 2.23. The zero-order valence-electron chi connectivity index (χ0n) is 12.9. The topological polar surface area (TPSA) is 100 Å². The molecule has 0 atom stereocenters. The molecular formula is C16H15ClN2O5. The number of aromatic carboxylic acids is 1. The number of nitrogens with zero attached hydrogens (tertiary/aromatic N) is 1. The summed E-state index contributed by atoms with van der Waals surface area (Å²) in [6, 6.07) is 7.38. The summed E-state index contributed by atoms with van der Waals surface area (Å²) in [5.74, 6) is -0.697. The number of carboxylic acids is 1. The number of methoxy groups -OCH3 is 2. The summed E-state index contributed by atoms with van der Waals surface area (Å²) in [5.41, 5.74) is 3.71. The first-order chi connectivity index (χ1) is 11.5. The van der Waals surface area contributed by atoms with Crippen LogP contribution in [0, 0.1) is 0 Å². The molecule has 0 fully saturated rings. The van der Waals surface area contributed by atoms with Crippen LogP contribution in [0.1, 0.15) is 15.9 Å². The summed E-state index contributed by atoms with van der Waals surface area (Å²) >= 11 is 6.00. The Morgan fingerprint density at radius 3 is 2.38 bits per heavy atom. The van der Waals surface area contributed by atoms with Crippen molar-refractivity contribution in [3.05, 3.63) is 46.5 Å². The van der Waals surface area contributed by atoms with Gasteiger partial charge in [0, 0.05) is 5.56 Å². The molecule has 3 N–H and O–H groups in total. The number of rotatable bonds is 6. The van der Waals surface area contributed by atoms with Crippen molar-refractivity contribution in [3.63, 3.8) is 0 Å². The standard InChI is InChI=1S/C16H15ClN2O5/c1-23-13-5-9(6-14(24-2)15(13)20)8-18-19-12-7-10(16(21)22)3-4-11(12)17/h3-8,19-20H,1-2H3,(H,21,22)/b18-8+. The Morgan fingerprint density at radius 1 is 1.21 bits per heavy atom. The van der Waals surface area contributed by atoms with Gasteiger partial charge in [0.05, 0.1) is 36.7 Å². The summed E-state index contributed by atoms with van der Waals surface area (Å²) in [7, 11) is 2.84. The quantitative estimate of drug-likeness (QED) is 0.546. The number of nitrogens with one attached hydrogen (secondary N) is 1. The maximum absolute atomic E-state index is 11.0. The average molecular weight is 351 g/mol. The molecular weight excluding hydrogens is 336 g/mol. The third-order valence-corrected chi connectivity index (χ3v) is 3.44. The van der Waals surface area contributed by atoms with Crippen LogP contribution < -0.4 is 14.9 Å². The van der Waals surface area contributed by atoms with E-state index in [4.69, 9.17) is 26.2 Å². The Hall–Kier alpha value is -2.93. The van der Waals surface area contributed by atoms with E-state index in [9.17, 15) is 9.90 Å². The lowest BCUT2D eigenvalue weighted by Crippen LogP contribution is -1.99. The molecule has 0 spiro atoms. The van der Waals surface area contributed by atoms with Gasteiger partial charge >= 0.3 is 5.97 Å². The monoisotopic (exact) mass is 350 g/mol. The lowest BCUT2D eigenvalue weighted by molar-refractivity contribution is 0.0697. The summed E-state index contributed by atoms with van der Waals surface area (Å²) in [6.45, 7) is 0. The molecule has 2 rings (SSSR count). The molecule has 7 nitrogen and oxygen atoms in total. The van der Waals surface area contributed by atoms with Gasteiger partial charge in [0.15, 0.2) is 11.5 Å². The number of hydrogen-bond donors (Lipinski definition) is 3. The molecule has 24 heavy (non-hydrogen) atoms. The highest BCUT2D eigenvalue weighted by Crippen LogP contribution is 2.36. The highest BCUT2D eigenvalue weighted by Gasteiger charge is 2.10. The van der Waals surface area contributed by atoms with Crippen molar-refractivity contribution in [2.45, 2.75) is 0 Å². The lowest BCUT2D eigenvalue weighted by atomic mass is 10.2. The average Bonchev–Trinajstić information content (AvgIpc) is 2.57. The molecule has 0 aliphatic heterocycles. The Labute approximate surface area is 143 Å². The third kappa shape index (κ3) is 3.88. The Kier molecular flexibility index (Phi) is 5.49. The minimum absolute atomic E-state index is 0.0880. The van der Waals surface area contributed by atoms with Crippen molar-refractivity contribution in [3.8, 4) is 17.2 Å². The normalized spacial score (nSPS) is 10.6. The zero-order chi connectivity index (χ0) is 17.7. The van der Waals surface area contributed by atoms with Crippen LogP contribution in [0.15, 0.2) is 35.4 Å². The first-order valence-electron chi connectivity index (χ1n) is 6.73. The molecule has 0 aromatic heterocycles. The van der Waals surface area contributed by atoms with Gasteiger partial charge in [-0.15, -0.1) is 0 Å². The van der Waals surface area contributed by atoms with Crippen LogP contribution in [-0.2, 0) is 0 Å². The Bertz CT molecular complexity index is 767. The van der Waals surface area contributed by atoms with E-state index in [1.807, 2.05) is 0 Å². The van der Waals surface area contributed by atoms with Crippen LogP contribution in [0.4, 0.5) is 5.69 Å². The molecule has 126 valence electrons. The van der Waals surface area contributed by atoms with Crippen LogP contribution in [0.25, 0.3) is 0 Å². The van der Waals surface area contributed by atoms with Gasteiger partial charge in [-0.3, -0.25) is 5.43 Å². The predicted octanol–water partition coefficient (Wildman–Crippen LogP) is 3.21. The number of phenolic OH excluding ortho intramolecular Hbond substituents is 1. The molecule has 0 saturated heterocycles. The Morgan fingerprint density at radius 2 is 1.83 bits per heavy atom. The molecule has 8 heteroatoms. The van der Waals surface area contributed by atoms with Gasteiger partial charge in [-0.1, -0.05) is 11.6 Å². The van der Waals surface area contributed by atoms with Crippen LogP contribution in [0.3, 0.4) is 0 Å². The smallest absolute Gasteiger partial charge is 0.335 e. The molecule has 0 amide bonds. The van der Waals surface area contributed by atoms with E-state index in [1.54, 1.807) is 12.1 Å². The van der Waals surface area contributed by atoms with Crippen molar-refractivity contribution in [2.75, 3.05) is 19.6 Å². The number of carboxylic acid groups (broad SMARTS) is 1. The number of ether oxygens (including phenoxy) is 2. The molecule has 0 aliphatic carbocycles. The maximum atomic E-state index is 11.0. The molecule has 0 heterocycles. The highest BCUT2D eigenvalue weighted by molar-refractivity contribution is 6.33. The van der Waals surface area contributed by atoms with Gasteiger partial charge in [0.25, 0.3) is 0 Å². The summed E-state index contributed by atoms with van der Waals surface area (Å²) in [5, 5.41) is 23.2. The first kappa shape index (κ1) is 17.4. The van der Waals surface area contributed by atoms with E-state index < -0.39 is 5.97 Å².